The molecule has 0 amide bonds. The molecule has 0 fully saturated rings. The molecule has 2 rings (SSSR count). The van der Waals surface area contributed by atoms with Gasteiger partial charge in [0.2, 0.25) is 0 Å². The first-order valence-corrected chi connectivity index (χ1v) is 8.00. The normalized spacial score (nSPS) is 22.3. The second-order valence-electron chi connectivity index (χ2n) is 6.39. The number of hydrogen-bond donors (Lipinski definition) is 1. The van der Waals surface area contributed by atoms with Crippen molar-refractivity contribution in [3.8, 4) is 0 Å². The molecule has 0 radical (unpaired) electrons. The second-order valence-corrected chi connectivity index (χ2v) is 7.42. The summed E-state index contributed by atoms with van der Waals surface area (Å²) < 4.78 is 5.79. The first-order chi connectivity index (χ1) is 8.87. The molecule has 0 saturated carbocycles. The summed E-state index contributed by atoms with van der Waals surface area (Å²) in [7, 11) is 1.79. The third-order valence-corrected chi connectivity index (χ3v) is 5.82. The van der Waals surface area contributed by atoms with Crippen molar-refractivity contribution in [3.05, 3.63) is 15.6 Å². The number of aromatic nitrogens is 1. The predicted molar refractivity (Wildman–Crippen MR) is 80.4 cm³/mol. The number of rotatable bonds is 4. The highest BCUT2D eigenvalue weighted by atomic mass is 32.1. The van der Waals surface area contributed by atoms with Crippen LogP contribution >= 0.6 is 11.3 Å². The van der Waals surface area contributed by atoms with Crippen LogP contribution in [0.3, 0.4) is 0 Å². The monoisotopic (exact) mass is 282 g/mol. The fraction of sp³-hybridized carbons (Fsp3) is 0.800. The molecule has 1 aliphatic rings. The zero-order valence-electron chi connectivity index (χ0n) is 12.7. The molecule has 108 valence electrons. The Kier molecular flexibility index (Phi) is 4.05. The minimum atomic E-state index is -0.230. The lowest BCUT2D eigenvalue weighted by Gasteiger charge is -2.32. The highest BCUT2D eigenvalue weighted by molar-refractivity contribution is 7.12. The van der Waals surface area contributed by atoms with Gasteiger partial charge in [-0.2, -0.15) is 0 Å². The van der Waals surface area contributed by atoms with Crippen LogP contribution in [-0.4, -0.2) is 12.1 Å². The number of fused-ring (bicyclic) bond motifs is 1. The van der Waals surface area contributed by atoms with Crippen molar-refractivity contribution in [2.24, 2.45) is 11.1 Å². The van der Waals surface area contributed by atoms with Gasteiger partial charge in [0, 0.05) is 18.0 Å². The maximum absolute atomic E-state index is 6.33. The van der Waals surface area contributed by atoms with Crippen molar-refractivity contribution in [2.75, 3.05) is 7.11 Å². The van der Waals surface area contributed by atoms with Crippen LogP contribution in [0, 0.1) is 5.41 Å². The van der Waals surface area contributed by atoms with Gasteiger partial charge in [-0.15, -0.1) is 11.3 Å². The van der Waals surface area contributed by atoms with Crippen LogP contribution in [0.2, 0.25) is 0 Å². The van der Waals surface area contributed by atoms with Crippen molar-refractivity contribution in [1.82, 2.24) is 4.98 Å². The van der Waals surface area contributed by atoms with E-state index < -0.39 is 0 Å². The van der Waals surface area contributed by atoms with E-state index in [0.29, 0.717) is 0 Å². The van der Waals surface area contributed by atoms with E-state index in [0.717, 1.165) is 30.7 Å². The van der Waals surface area contributed by atoms with E-state index in [-0.39, 0.29) is 17.1 Å². The van der Waals surface area contributed by atoms with Gasteiger partial charge >= 0.3 is 0 Å². The Bertz CT molecular complexity index is 441. The summed E-state index contributed by atoms with van der Waals surface area (Å²) in [5.74, 6) is 0. The van der Waals surface area contributed by atoms with Gasteiger partial charge in [0.05, 0.1) is 5.69 Å². The molecule has 0 saturated heterocycles. The maximum atomic E-state index is 6.33. The topological polar surface area (TPSA) is 48.1 Å². The summed E-state index contributed by atoms with van der Waals surface area (Å²) in [6.45, 7) is 8.88. The van der Waals surface area contributed by atoms with E-state index in [1.54, 1.807) is 18.4 Å². The first-order valence-electron chi connectivity index (χ1n) is 7.18. The molecule has 19 heavy (non-hydrogen) atoms. The van der Waals surface area contributed by atoms with Gasteiger partial charge in [0.15, 0.2) is 0 Å². The zero-order chi connectivity index (χ0) is 14.3. The molecule has 0 aliphatic heterocycles. The van der Waals surface area contributed by atoms with Gasteiger partial charge in [0.1, 0.15) is 10.6 Å². The molecule has 1 unspecified atom stereocenters. The molecule has 2 N–H and O–H groups in total. The van der Waals surface area contributed by atoms with Crippen LogP contribution < -0.4 is 5.73 Å². The number of thiazole rings is 1. The molecule has 1 aliphatic carbocycles. The Balaban J connectivity index is 2.42. The number of nitrogens with zero attached hydrogens (tertiary/aromatic N) is 1. The van der Waals surface area contributed by atoms with Crippen LogP contribution in [0.15, 0.2) is 0 Å². The smallest absolute Gasteiger partial charge is 0.125 e. The van der Waals surface area contributed by atoms with E-state index in [9.17, 15) is 0 Å². The van der Waals surface area contributed by atoms with Gasteiger partial charge in [-0.25, -0.2) is 4.98 Å². The highest BCUT2D eigenvalue weighted by Gasteiger charge is 2.38. The van der Waals surface area contributed by atoms with E-state index in [4.69, 9.17) is 15.5 Å². The molecule has 3 nitrogen and oxygen atoms in total. The standard InChI is InChI=1S/C15H26N2OS/c1-6-15(7-2,18-5)13-17-11-9-14(3,4)8-10(16)12(11)19-13/h10H,6-9,16H2,1-5H3. The number of nitrogens with two attached hydrogens (primary N) is 1. The van der Waals surface area contributed by atoms with Crippen molar-refractivity contribution < 1.29 is 4.74 Å². The molecule has 1 aromatic heterocycles. The summed E-state index contributed by atoms with van der Waals surface area (Å²) >= 11 is 1.76. The Morgan fingerprint density at radius 1 is 1.42 bits per heavy atom. The van der Waals surface area contributed by atoms with Crippen molar-refractivity contribution in [1.29, 1.82) is 0 Å². The van der Waals surface area contributed by atoms with Crippen molar-refractivity contribution >= 4 is 11.3 Å². The van der Waals surface area contributed by atoms with E-state index in [2.05, 4.69) is 27.7 Å². The van der Waals surface area contributed by atoms with Crippen LogP contribution in [-0.2, 0) is 16.8 Å². The lowest BCUT2D eigenvalue weighted by molar-refractivity contribution is -0.0220. The highest BCUT2D eigenvalue weighted by Crippen LogP contribution is 2.45. The van der Waals surface area contributed by atoms with Crippen LogP contribution in [0.25, 0.3) is 0 Å². The summed E-state index contributed by atoms with van der Waals surface area (Å²) in [5.41, 5.74) is 7.56. The SMILES string of the molecule is CCC(CC)(OC)c1nc2c(s1)C(N)CC(C)(C)C2. The van der Waals surface area contributed by atoms with Gasteiger partial charge in [0.25, 0.3) is 0 Å². The molecule has 1 heterocycles. The summed E-state index contributed by atoms with van der Waals surface area (Å²) in [6, 6.07) is 0.133. The summed E-state index contributed by atoms with van der Waals surface area (Å²) in [4.78, 5) is 6.17. The largest absolute Gasteiger partial charge is 0.371 e. The number of ether oxygens (including phenoxy) is 1. The summed E-state index contributed by atoms with van der Waals surface area (Å²) in [5, 5.41) is 1.11. The Morgan fingerprint density at radius 2 is 2.05 bits per heavy atom. The second kappa shape index (κ2) is 5.15. The molecular weight excluding hydrogens is 256 g/mol. The van der Waals surface area contributed by atoms with E-state index in [1.807, 2.05) is 0 Å². The molecule has 0 spiro atoms. The fourth-order valence-corrected chi connectivity index (χ4v) is 4.51. The minimum absolute atomic E-state index is 0.133. The molecular formula is C15H26N2OS. The molecule has 1 aromatic rings. The molecule has 4 heteroatoms. The van der Waals surface area contributed by atoms with Gasteiger partial charge < -0.3 is 10.5 Å². The van der Waals surface area contributed by atoms with Crippen LogP contribution in [0.5, 0.6) is 0 Å². The van der Waals surface area contributed by atoms with Gasteiger partial charge in [-0.05, 0) is 31.1 Å². The van der Waals surface area contributed by atoms with E-state index in [1.165, 1.54) is 10.6 Å². The maximum Gasteiger partial charge on any atom is 0.125 e. The number of methoxy groups -OCH3 is 1. The van der Waals surface area contributed by atoms with Crippen molar-refractivity contribution in [3.63, 3.8) is 0 Å². The third kappa shape index (κ3) is 2.58. The lowest BCUT2D eigenvalue weighted by Crippen LogP contribution is -2.29. The van der Waals surface area contributed by atoms with Crippen LogP contribution in [0.1, 0.15) is 68.6 Å². The average Bonchev–Trinajstić information content (AvgIpc) is 2.75. The minimum Gasteiger partial charge on any atom is -0.371 e. The lowest BCUT2D eigenvalue weighted by atomic mass is 9.77. The van der Waals surface area contributed by atoms with Gasteiger partial charge in [-0.1, -0.05) is 27.7 Å². The Labute approximate surface area is 120 Å². The van der Waals surface area contributed by atoms with Gasteiger partial charge in [-0.3, -0.25) is 0 Å². The van der Waals surface area contributed by atoms with Crippen molar-refractivity contribution in [2.45, 2.75) is 65.0 Å². The summed E-state index contributed by atoms with van der Waals surface area (Å²) in [6.07, 6.45) is 3.97. The first kappa shape index (κ1) is 14.9. The molecule has 0 aromatic carbocycles. The third-order valence-electron chi connectivity index (χ3n) is 4.41. The predicted octanol–water partition coefficient (Wildman–Crippen LogP) is 3.78. The number of hydrogen-bond acceptors (Lipinski definition) is 4. The van der Waals surface area contributed by atoms with Crippen LogP contribution in [0.4, 0.5) is 0 Å². The Morgan fingerprint density at radius 3 is 2.58 bits per heavy atom. The zero-order valence-corrected chi connectivity index (χ0v) is 13.6. The average molecular weight is 282 g/mol. The molecule has 0 bridgehead atoms. The molecule has 1 atom stereocenters. The van der Waals surface area contributed by atoms with E-state index >= 15 is 0 Å². The Hall–Kier alpha value is -0.450. The fourth-order valence-electron chi connectivity index (χ4n) is 3.12. The quantitative estimate of drug-likeness (QED) is 0.914.